The summed E-state index contributed by atoms with van der Waals surface area (Å²) >= 11 is 3.24. The van der Waals surface area contributed by atoms with Gasteiger partial charge >= 0.3 is 11.8 Å². The summed E-state index contributed by atoms with van der Waals surface area (Å²) in [5.74, 6) is -0.158. The van der Waals surface area contributed by atoms with Crippen molar-refractivity contribution in [3.05, 3.63) is 20.8 Å². The Kier molecular flexibility index (Phi) is 3.93. The van der Waals surface area contributed by atoms with Crippen LogP contribution in [0.4, 0.5) is 22.0 Å². The minimum absolute atomic E-state index is 0.158. The third kappa shape index (κ3) is 2.59. The van der Waals surface area contributed by atoms with Gasteiger partial charge < -0.3 is 20.6 Å². The highest BCUT2D eigenvalue weighted by atomic mass is 79.9. The second-order valence-corrected chi connectivity index (χ2v) is 5.06. The Labute approximate surface area is 122 Å². The van der Waals surface area contributed by atoms with Crippen LogP contribution in [0.25, 0.3) is 0 Å². The number of hydrogen-bond acceptors (Lipinski definition) is 6. The van der Waals surface area contributed by atoms with Gasteiger partial charge in [0.2, 0.25) is 5.82 Å². The zero-order valence-electron chi connectivity index (χ0n) is 10.3. The lowest BCUT2D eigenvalue weighted by atomic mass is 10.2. The van der Waals surface area contributed by atoms with E-state index in [0.717, 1.165) is 0 Å². The summed E-state index contributed by atoms with van der Waals surface area (Å²) in [6, 6.07) is 0. The summed E-state index contributed by atoms with van der Waals surface area (Å²) in [5, 5.41) is 20.0. The molecule has 2 heterocycles. The number of anilines is 2. The molecule has 0 saturated carbocycles. The van der Waals surface area contributed by atoms with Crippen molar-refractivity contribution < 1.29 is 14.8 Å². The van der Waals surface area contributed by atoms with E-state index in [1.54, 1.807) is 4.90 Å². The van der Waals surface area contributed by atoms with Gasteiger partial charge in [0.25, 0.3) is 0 Å². The predicted octanol–water partition coefficient (Wildman–Crippen LogP) is 1.13. The molecule has 1 aliphatic heterocycles. The molecular formula is C10H12BrN5O4. The lowest BCUT2D eigenvalue weighted by Crippen LogP contribution is -2.48. The van der Waals surface area contributed by atoms with Crippen LogP contribution in [0, 0.1) is 10.1 Å². The Morgan fingerprint density at radius 3 is 2.55 bits per heavy atom. The fraction of sp³-hybridized carbons (Fsp3) is 0.400. The van der Waals surface area contributed by atoms with E-state index in [2.05, 4.69) is 20.9 Å². The van der Waals surface area contributed by atoms with Gasteiger partial charge in [-0.2, -0.15) is 0 Å². The summed E-state index contributed by atoms with van der Waals surface area (Å²) < 4.78 is 0.460. The number of rotatable bonds is 2. The van der Waals surface area contributed by atoms with Crippen LogP contribution >= 0.6 is 15.9 Å². The van der Waals surface area contributed by atoms with Crippen molar-refractivity contribution in [2.24, 2.45) is 0 Å². The Bertz CT molecular complexity index is 559. The molecule has 108 valence electrons. The van der Waals surface area contributed by atoms with E-state index in [1.165, 1.54) is 11.1 Å². The van der Waals surface area contributed by atoms with Crippen LogP contribution in [-0.4, -0.2) is 52.2 Å². The van der Waals surface area contributed by atoms with Crippen molar-refractivity contribution in [1.82, 2.24) is 9.88 Å². The van der Waals surface area contributed by atoms with E-state index in [0.29, 0.717) is 23.2 Å². The highest BCUT2D eigenvalue weighted by Gasteiger charge is 2.30. The highest BCUT2D eigenvalue weighted by molar-refractivity contribution is 9.10. The number of nitrogens with zero attached hydrogens (tertiary/aromatic N) is 4. The number of nitrogen functional groups attached to an aromatic ring is 1. The second kappa shape index (κ2) is 5.49. The van der Waals surface area contributed by atoms with Crippen molar-refractivity contribution in [2.75, 3.05) is 36.8 Å². The van der Waals surface area contributed by atoms with Crippen molar-refractivity contribution >= 4 is 39.2 Å². The quantitative estimate of drug-likeness (QED) is 0.607. The summed E-state index contributed by atoms with van der Waals surface area (Å²) in [6.07, 6.45) is 0.411. The van der Waals surface area contributed by atoms with E-state index < -0.39 is 11.0 Å². The maximum Gasteiger partial charge on any atom is 0.407 e. The lowest BCUT2D eigenvalue weighted by Gasteiger charge is -2.34. The zero-order chi connectivity index (χ0) is 14.9. The van der Waals surface area contributed by atoms with Crippen molar-refractivity contribution in [3.8, 4) is 0 Å². The monoisotopic (exact) mass is 345 g/mol. The van der Waals surface area contributed by atoms with Gasteiger partial charge in [0.1, 0.15) is 5.69 Å². The first-order valence-electron chi connectivity index (χ1n) is 5.73. The first-order valence-corrected chi connectivity index (χ1v) is 6.52. The van der Waals surface area contributed by atoms with Gasteiger partial charge in [0, 0.05) is 32.4 Å². The van der Waals surface area contributed by atoms with Crippen molar-refractivity contribution in [1.29, 1.82) is 0 Å². The number of halogens is 1. The summed E-state index contributed by atoms with van der Waals surface area (Å²) in [7, 11) is 0. The molecule has 3 N–H and O–H groups in total. The molecule has 0 atom stereocenters. The molecule has 0 bridgehead atoms. The average Bonchev–Trinajstić information content (AvgIpc) is 2.40. The maximum atomic E-state index is 11.1. The Morgan fingerprint density at radius 1 is 1.45 bits per heavy atom. The van der Waals surface area contributed by atoms with Crippen LogP contribution in [0.3, 0.4) is 0 Å². The molecule has 1 saturated heterocycles. The second-order valence-electron chi connectivity index (χ2n) is 4.20. The molecule has 2 rings (SSSR count). The molecule has 20 heavy (non-hydrogen) atoms. The SMILES string of the molecule is Nc1ncc(Br)c(N2CCN(C(=O)O)CC2)c1[N+](=O)[O-]. The summed E-state index contributed by atoms with van der Waals surface area (Å²) in [6.45, 7) is 1.27. The fourth-order valence-corrected chi connectivity index (χ4v) is 2.63. The standard InChI is InChI=1S/C10H12BrN5O4/c11-6-5-13-9(12)8(16(19)20)7(6)14-1-3-15(4-2-14)10(17)18/h5H,1-4H2,(H2,12,13)(H,17,18). The van der Waals surface area contributed by atoms with Gasteiger partial charge in [0.05, 0.1) is 9.40 Å². The van der Waals surface area contributed by atoms with Gasteiger partial charge in [-0.1, -0.05) is 0 Å². The third-order valence-corrected chi connectivity index (χ3v) is 3.64. The molecule has 0 aliphatic carbocycles. The van der Waals surface area contributed by atoms with Gasteiger partial charge in [-0.15, -0.1) is 0 Å². The van der Waals surface area contributed by atoms with Crippen LogP contribution in [0.1, 0.15) is 0 Å². The lowest BCUT2D eigenvalue weighted by molar-refractivity contribution is -0.383. The first-order chi connectivity index (χ1) is 9.41. The van der Waals surface area contributed by atoms with Crippen LogP contribution in [0.5, 0.6) is 0 Å². The number of carbonyl (C=O) groups is 1. The number of amides is 1. The van der Waals surface area contributed by atoms with Crippen LogP contribution in [0.15, 0.2) is 10.7 Å². The highest BCUT2D eigenvalue weighted by Crippen LogP contribution is 2.38. The van der Waals surface area contributed by atoms with Crippen LogP contribution in [0.2, 0.25) is 0 Å². The molecule has 1 fully saturated rings. The predicted molar refractivity (Wildman–Crippen MR) is 74.8 cm³/mol. The Morgan fingerprint density at radius 2 is 2.05 bits per heavy atom. The van der Waals surface area contributed by atoms with Gasteiger partial charge in [-0.25, -0.2) is 9.78 Å². The number of nitrogens with two attached hydrogens (primary N) is 1. The molecule has 10 heteroatoms. The Balaban J connectivity index is 2.32. The zero-order valence-corrected chi connectivity index (χ0v) is 11.9. The van der Waals surface area contributed by atoms with E-state index in [9.17, 15) is 14.9 Å². The fourth-order valence-electron chi connectivity index (χ4n) is 2.09. The molecule has 0 unspecified atom stereocenters. The maximum absolute atomic E-state index is 11.1. The number of piperazine rings is 1. The molecule has 1 amide bonds. The minimum atomic E-state index is -0.993. The summed E-state index contributed by atoms with van der Waals surface area (Å²) in [4.78, 5) is 28.2. The minimum Gasteiger partial charge on any atom is -0.465 e. The van der Waals surface area contributed by atoms with E-state index >= 15 is 0 Å². The number of aromatic nitrogens is 1. The molecular weight excluding hydrogens is 334 g/mol. The van der Waals surface area contributed by atoms with E-state index in [4.69, 9.17) is 10.8 Å². The van der Waals surface area contributed by atoms with Crippen molar-refractivity contribution in [3.63, 3.8) is 0 Å². The number of hydrogen-bond donors (Lipinski definition) is 2. The van der Waals surface area contributed by atoms with Crippen molar-refractivity contribution in [2.45, 2.75) is 0 Å². The summed E-state index contributed by atoms with van der Waals surface area (Å²) in [5.41, 5.74) is 5.65. The van der Waals surface area contributed by atoms with E-state index in [1.807, 2.05) is 0 Å². The molecule has 0 aromatic carbocycles. The number of nitro groups is 1. The smallest absolute Gasteiger partial charge is 0.407 e. The molecule has 0 spiro atoms. The average molecular weight is 346 g/mol. The third-order valence-electron chi connectivity index (χ3n) is 3.06. The first kappa shape index (κ1) is 14.3. The largest absolute Gasteiger partial charge is 0.465 e. The normalized spacial score (nSPS) is 15.2. The molecule has 1 aromatic rings. The topological polar surface area (TPSA) is 126 Å². The molecule has 0 radical (unpaired) electrons. The number of pyridine rings is 1. The number of carboxylic acid groups (broad SMARTS) is 1. The van der Waals surface area contributed by atoms with Gasteiger partial charge in [0.15, 0.2) is 0 Å². The Hall–Kier alpha value is -2.10. The van der Waals surface area contributed by atoms with Gasteiger partial charge in [-0.05, 0) is 15.9 Å². The molecule has 1 aromatic heterocycles. The molecule has 1 aliphatic rings. The van der Waals surface area contributed by atoms with Gasteiger partial charge in [-0.3, -0.25) is 10.1 Å². The molecule has 9 nitrogen and oxygen atoms in total. The van der Waals surface area contributed by atoms with Crippen LogP contribution < -0.4 is 10.6 Å². The van der Waals surface area contributed by atoms with Crippen LogP contribution in [-0.2, 0) is 0 Å². The van der Waals surface area contributed by atoms with E-state index in [-0.39, 0.29) is 24.6 Å².